The Morgan fingerprint density at radius 1 is 1.39 bits per heavy atom. The molecular weight excluding hydrogens is 226 g/mol. The smallest absolute Gasteiger partial charge is 0.152 e. The number of hydrogen-bond donors (Lipinski definition) is 0. The first-order valence-corrected chi connectivity index (χ1v) is 5.67. The van der Waals surface area contributed by atoms with Crippen LogP contribution in [0.1, 0.15) is 12.1 Å². The van der Waals surface area contributed by atoms with E-state index in [1.54, 1.807) is 6.20 Å². The average molecular weight is 239 g/mol. The number of ketones is 1. The lowest BCUT2D eigenvalue weighted by Crippen LogP contribution is -2.06. The molecule has 1 aromatic heterocycles. The third-order valence-electron chi connectivity index (χ3n) is 2.77. The van der Waals surface area contributed by atoms with Crippen LogP contribution in [0.2, 0.25) is 0 Å². The molecule has 4 nitrogen and oxygen atoms in total. The predicted octanol–water partition coefficient (Wildman–Crippen LogP) is 2.11. The number of aromatic nitrogens is 2. The number of hydrogen-bond acceptors (Lipinski definition) is 3. The van der Waals surface area contributed by atoms with Crippen LogP contribution in [0.25, 0.3) is 11.4 Å². The molecule has 0 saturated carbocycles. The lowest BCUT2D eigenvalue weighted by molar-refractivity contribution is -0.117. The van der Waals surface area contributed by atoms with Crippen LogP contribution in [-0.4, -0.2) is 15.3 Å². The van der Waals surface area contributed by atoms with Gasteiger partial charge in [0.15, 0.2) is 5.78 Å². The van der Waals surface area contributed by atoms with E-state index in [0.29, 0.717) is 0 Å². The fourth-order valence-electron chi connectivity index (χ4n) is 1.82. The Hall–Kier alpha value is -2.41. The molecule has 0 fully saturated rings. The van der Waals surface area contributed by atoms with Crippen molar-refractivity contribution in [3.8, 4) is 17.5 Å². The van der Waals surface area contributed by atoms with Gasteiger partial charge < -0.3 is 4.57 Å². The lowest BCUT2D eigenvalue weighted by atomic mass is 10.2. The zero-order chi connectivity index (χ0) is 13.0. The molecule has 1 aromatic carbocycles. The van der Waals surface area contributed by atoms with Crippen LogP contribution in [0.15, 0.2) is 36.5 Å². The second kappa shape index (κ2) is 5.28. The van der Waals surface area contributed by atoms with Crippen molar-refractivity contribution < 1.29 is 4.79 Å². The quantitative estimate of drug-likeness (QED) is 0.821. The third kappa shape index (κ3) is 2.46. The van der Waals surface area contributed by atoms with Crippen LogP contribution in [0, 0.1) is 11.3 Å². The van der Waals surface area contributed by atoms with Gasteiger partial charge in [-0.1, -0.05) is 30.3 Å². The number of rotatable bonds is 4. The number of carbonyl (C=O) groups excluding carboxylic acids is 1. The number of Topliss-reactive ketones (excluding diaryl/α,β-unsaturated/α-hetero) is 1. The van der Waals surface area contributed by atoms with Gasteiger partial charge in [-0.05, 0) is 0 Å². The first kappa shape index (κ1) is 12.1. The van der Waals surface area contributed by atoms with Crippen molar-refractivity contribution in [3.63, 3.8) is 0 Å². The van der Waals surface area contributed by atoms with E-state index in [0.717, 1.165) is 17.1 Å². The molecule has 0 amide bonds. The van der Waals surface area contributed by atoms with E-state index in [4.69, 9.17) is 5.26 Å². The van der Waals surface area contributed by atoms with Crippen molar-refractivity contribution in [2.45, 2.75) is 12.8 Å². The first-order valence-electron chi connectivity index (χ1n) is 5.67. The molecule has 0 unspecified atom stereocenters. The van der Waals surface area contributed by atoms with Gasteiger partial charge in [-0.15, -0.1) is 0 Å². The Morgan fingerprint density at radius 2 is 2.11 bits per heavy atom. The zero-order valence-electron chi connectivity index (χ0n) is 10.1. The van der Waals surface area contributed by atoms with Crippen LogP contribution < -0.4 is 0 Å². The van der Waals surface area contributed by atoms with Gasteiger partial charge in [0, 0.05) is 30.9 Å². The van der Waals surface area contributed by atoms with Gasteiger partial charge >= 0.3 is 0 Å². The molecule has 90 valence electrons. The van der Waals surface area contributed by atoms with Crippen LogP contribution in [0.4, 0.5) is 0 Å². The van der Waals surface area contributed by atoms with Gasteiger partial charge in [0.1, 0.15) is 5.82 Å². The normalized spacial score (nSPS) is 10.0. The average Bonchev–Trinajstić information content (AvgIpc) is 2.72. The minimum atomic E-state index is -0.0832. The molecule has 0 aliphatic rings. The van der Waals surface area contributed by atoms with E-state index < -0.39 is 0 Å². The zero-order valence-corrected chi connectivity index (χ0v) is 10.1. The molecule has 0 bridgehead atoms. The maximum atomic E-state index is 11.4. The van der Waals surface area contributed by atoms with Crippen LogP contribution in [-0.2, 0) is 18.3 Å². The number of carbonyl (C=O) groups is 1. The fourth-order valence-corrected chi connectivity index (χ4v) is 1.82. The second-order valence-electron chi connectivity index (χ2n) is 4.05. The van der Waals surface area contributed by atoms with E-state index in [1.165, 1.54) is 0 Å². The van der Waals surface area contributed by atoms with Crippen LogP contribution in [0.5, 0.6) is 0 Å². The number of nitrogens with zero attached hydrogens (tertiary/aromatic N) is 3. The predicted molar refractivity (Wildman–Crippen MR) is 67.6 cm³/mol. The number of imidazole rings is 1. The summed E-state index contributed by atoms with van der Waals surface area (Å²) in [5.41, 5.74) is 1.84. The summed E-state index contributed by atoms with van der Waals surface area (Å²) in [6.07, 6.45) is 1.90. The summed E-state index contributed by atoms with van der Waals surface area (Å²) in [6.45, 7) is 0. The van der Waals surface area contributed by atoms with Gasteiger partial charge in [0.05, 0.1) is 12.5 Å². The van der Waals surface area contributed by atoms with E-state index in [-0.39, 0.29) is 18.6 Å². The van der Waals surface area contributed by atoms with Gasteiger partial charge in [0.2, 0.25) is 0 Å². The first-order chi connectivity index (χ1) is 8.72. The molecule has 0 aliphatic carbocycles. The van der Waals surface area contributed by atoms with Crippen LogP contribution >= 0.6 is 0 Å². The lowest BCUT2D eigenvalue weighted by Gasteiger charge is -2.04. The highest BCUT2D eigenvalue weighted by atomic mass is 16.1. The number of benzene rings is 1. The second-order valence-corrected chi connectivity index (χ2v) is 4.05. The molecule has 2 aromatic rings. The van der Waals surface area contributed by atoms with Crippen molar-refractivity contribution in [2.24, 2.45) is 7.05 Å². The van der Waals surface area contributed by atoms with Gasteiger partial charge in [-0.25, -0.2) is 4.98 Å². The molecular formula is C14H13N3O. The Labute approximate surface area is 106 Å². The summed E-state index contributed by atoms with van der Waals surface area (Å²) in [6, 6.07) is 11.7. The third-order valence-corrected chi connectivity index (χ3v) is 2.77. The molecule has 18 heavy (non-hydrogen) atoms. The summed E-state index contributed by atoms with van der Waals surface area (Å²) < 4.78 is 1.89. The van der Waals surface area contributed by atoms with Gasteiger partial charge in [-0.3, -0.25) is 4.79 Å². The highest BCUT2D eigenvalue weighted by Crippen LogP contribution is 2.18. The van der Waals surface area contributed by atoms with E-state index >= 15 is 0 Å². The van der Waals surface area contributed by atoms with Crippen molar-refractivity contribution in [1.82, 2.24) is 9.55 Å². The minimum Gasteiger partial charge on any atom is -0.331 e. The molecule has 0 radical (unpaired) electrons. The summed E-state index contributed by atoms with van der Waals surface area (Å²) >= 11 is 0. The molecule has 0 spiro atoms. The molecule has 0 atom stereocenters. The number of nitriles is 1. The maximum absolute atomic E-state index is 11.4. The largest absolute Gasteiger partial charge is 0.331 e. The fraction of sp³-hybridized carbons (Fsp3) is 0.214. The summed E-state index contributed by atoms with van der Waals surface area (Å²) in [4.78, 5) is 15.8. The molecule has 0 saturated heterocycles. The van der Waals surface area contributed by atoms with Crippen LogP contribution in [0.3, 0.4) is 0 Å². The highest BCUT2D eigenvalue weighted by molar-refractivity contribution is 5.82. The van der Waals surface area contributed by atoms with Crippen molar-refractivity contribution >= 4 is 5.78 Å². The van der Waals surface area contributed by atoms with E-state index in [9.17, 15) is 4.79 Å². The monoisotopic (exact) mass is 239 g/mol. The Morgan fingerprint density at radius 3 is 2.78 bits per heavy atom. The highest BCUT2D eigenvalue weighted by Gasteiger charge is 2.11. The van der Waals surface area contributed by atoms with Gasteiger partial charge in [-0.2, -0.15) is 5.26 Å². The van der Waals surface area contributed by atoms with Crippen molar-refractivity contribution in [3.05, 3.63) is 42.2 Å². The Kier molecular flexibility index (Phi) is 3.54. The Balaban J connectivity index is 2.25. The molecule has 1 heterocycles. The Bertz CT molecular complexity index is 593. The summed E-state index contributed by atoms with van der Waals surface area (Å²) in [7, 11) is 1.88. The summed E-state index contributed by atoms with van der Waals surface area (Å²) in [5.74, 6) is 0.746. The minimum absolute atomic E-state index is 0.0498. The van der Waals surface area contributed by atoms with Crippen molar-refractivity contribution in [1.29, 1.82) is 5.26 Å². The summed E-state index contributed by atoms with van der Waals surface area (Å²) in [5, 5.41) is 8.47. The maximum Gasteiger partial charge on any atom is 0.152 e. The molecule has 0 N–H and O–H groups in total. The topological polar surface area (TPSA) is 58.7 Å². The SMILES string of the molecule is Cn1c(CC(=O)CC#N)cnc1-c1ccccc1. The molecule has 0 aliphatic heterocycles. The van der Waals surface area contributed by atoms with E-state index in [2.05, 4.69) is 4.98 Å². The van der Waals surface area contributed by atoms with Crippen molar-refractivity contribution in [2.75, 3.05) is 0 Å². The van der Waals surface area contributed by atoms with Gasteiger partial charge in [0.25, 0.3) is 0 Å². The standard InChI is InChI=1S/C14H13N3O/c1-17-12(9-13(18)7-8-15)10-16-14(17)11-5-3-2-4-6-11/h2-6,10H,7,9H2,1H3. The van der Waals surface area contributed by atoms with E-state index in [1.807, 2.05) is 48.0 Å². The molecule has 4 heteroatoms. The molecule has 2 rings (SSSR count).